The first-order chi connectivity index (χ1) is 6.86. The molecular formula is C12H24N2O. The minimum absolute atomic E-state index is 0.0650. The smallest absolute Gasteiger partial charge is 0.102 e. The van der Waals surface area contributed by atoms with Crippen LogP contribution in [-0.2, 0) is 4.74 Å². The van der Waals surface area contributed by atoms with Gasteiger partial charge in [-0.1, -0.05) is 27.7 Å². The predicted octanol–water partition coefficient (Wildman–Crippen LogP) is 2.51. The summed E-state index contributed by atoms with van der Waals surface area (Å²) in [6, 6.07) is 0.382. The first-order valence-electron chi connectivity index (χ1n) is 5.83. The van der Waals surface area contributed by atoms with Gasteiger partial charge in [-0.15, -0.1) is 0 Å². The van der Waals surface area contributed by atoms with Crippen molar-refractivity contribution in [2.24, 2.45) is 5.41 Å². The van der Waals surface area contributed by atoms with Crippen molar-refractivity contribution in [1.82, 2.24) is 4.90 Å². The van der Waals surface area contributed by atoms with Gasteiger partial charge in [0.25, 0.3) is 0 Å². The zero-order chi connectivity index (χ0) is 11.6. The molecule has 1 aliphatic heterocycles. The molecule has 0 aromatic carbocycles. The summed E-state index contributed by atoms with van der Waals surface area (Å²) in [6.07, 6.45) is 1.29. The van der Waals surface area contributed by atoms with Crippen LogP contribution in [0.4, 0.5) is 0 Å². The molecule has 0 spiro atoms. The van der Waals surface area contributed by atoms with E-state index in [0.29, 0.717) is 6.04 Å². The fourth-order valence-corrected chi connectivity index (χ4v) is 1.89. The number of amidine groups is 1. The summed E-state index contributed by atoms with van der Waals surface area (Å²) in [5, 5.41) is 8.23. The van der Waals surface area contributed by atoms with Crippen LogP contribution in [0.3, 0.4) is 0 Å². The molecule has 0 aliphatic carbocycles. The van der Waals surface area contributed by atoms with Crippen molar-refractivity contribution < 1.29 is 4.74 Å². The van der Waals surface area contributed by atoms with Crippen molar-refractivity contribution in [1.29, 1.82) is 5.41 Å². The molecule has 0 amide bonds. The highest BCUT2D eigenvalue weighted by atomic mass is 16.5. The van der Waals surface area contributed by atoms with Crippen molar-refractivity contribution in [3.63, 3.8) is 0 Å². The SMILES string of the molecule is CCC1COC(C)CN1C(=N)C(C)(C)C. The molecule has 2 unspecified atom stereocenters. The Morgan fingerprint density at radius 1 is 1.47 bits per heavy atom. The summed E-state index contributed by atoms with van der Waals surface area (Å²) in [5.74, 6) is 0.740. The molecule has 1 heterocycles. The number of morpholine rings is 1. The standard InChI is InChI=1S/C12H24N2O/c1-6-10-8-15-9(2)7-14(10)11(13)12(3,4)5/h9-10,13H,6-8H2,1-5H3. The highest BCUT2D eigenvalue weighted by Crippen LogP contribution is 2.23. The Hall–Kier alpha value is -0.570. The molecule has 3 nitrogen and oxygen atoms in total. The molecule has 1 rings (SSSR count). The van der Waals surface area contributed by atoms with E-state index in [-0.39, 0.29) is 11.5 Å². The molecule has 88 valence electrons. The van der Waals surface area contributed by atoms with Crippen LogP contribution >= 0.6 is 0 Å². The summed E-state index contributed by atoms with van der Waals surface area (Å²) >= 11 is 0. The first-order valence-corrected chi connectivity index (χ1v) is 5.83. The van der Waals surface area contributed by atoms with Crippen molar-refractivity contribution in [3.8, 4) is 0 Å². The molecular weight excluding hydrogens is 188 g/mol. The summed E-state index contributed by atoms with van der Waals surface area (Å²) in [4.78, 5) is 2.22. The van der Waals surface area contributed by atoms with Crippen LogP contribution in [0.15, 0.2) is 0 Å². The lowest BCUT2D eigenvalue weighted by Crippen LogP contribution is -2.54. The Kier molecular flexibility index (Phi) is 3.77. The average molecular weight is 212 g/mol. The molecule has 1 fully saturated rings. The maximum Gasteiger partial charge on any atom is 0.102 e. The maximum absolute atomic E-state index is 8.23. The topological polar surface area (TPSA) is 36.3 Å². The number of nitrogens with zero attached hydrogens (tertiary/aromatic N) is 1. The van der Waals surface area contributed by atoms with Gasteiger partial charge in [-0.25, -0.2) is 0 Å². The lowest BCUT2D eigenvalue weighted by atomic mass is 9.92. The third kappa shape index (κ3) is 2.94. The number of nitrogens with one attached hydrogen (secondary N) is 1. The molecule has 0 aromatic rings. The molecule has 1 N–H and O–H groups in total. The van der Waals surface area contributed by atoms with Crippen molar-refractivity contribution >= 4 is 5.84 Å². The number of rotatable bonds is 1. The average Bonchev–Trinajstić information content (AvgIpc) is 2.15. The van der Waals surface area contributed by atoms with Gasteiger partial charge in [-0.05, 0) is 13.3 Å². The van der Waals surface area contributed by atoms with E-state index in [2.05, 4.69) is 39.5 Å². The highest BCUT2D eigenvalue weighted by molar-refractivity contribution is 5.84. The van der Waals surface area contributed by atoms with Crippen molar-refractivity contribution in [2.75, 3.05) is 13.2 Å². The summed E-state index contributed by atoms with van der Waals surface area (Å²) in [5.41, 5.74) is -0.0650. The largest absolute Gasteiger partial charge is 0.375 e. The van der Waals surface area contributed by atoms with Crippen LogP contribution in [0, 0.1) is 10.8 Å². The zero-order valence-electron chi connectivity index (χ0n) is 10.6. The number of hydrogen-bond acceptors (Lipinski definition) is 2. The predicted molar refractivity (Wildman–Crippen MR) is 63.4 cm³/mol. The summed E-state index contributed by atoms with van der Waals surface area (Å²) < 4.78 is 5.64. The molecule has 0 bridgehead atoms. The zero-order valence-corrected chi connectivity index (χ0v) is 10.6. The van der Waals surface area contributed by atoms with Crippen LogP contribution in [0.2, 0.25) is 0 Å². The highest BCUT2D eigenvalue weighted by Gasteiger charge is 2.32. The first kappa shape index (κ1) is 12.5. The second-order valence-electron chi connectivity index (χ2n) is 5.46. The molecule has 2 atom stereocenters. The Bertz CT molecular complexity index is 232. The monoisotopic (exact) mass is 212 g/mol. The van der Waals surface area contributed by atoms with Gasteiger partial charge in [0.2, 0.25) is 0 Å². The van der Waals surface area contributed by atoms with Crippen LogP contribution in [-0.4, -0.2) is 36.0 Å². The van der Waals surface area contributed by atoms with Gasteiger partial charge in [0.05, 0.1) is 18.8 Å². The van der Waals surface area contributed by atoms with E-state index >= 15 is 0 Å². The lowest BCUT2D eigenvalue weighted by Gasteiger charge is -2.43. The van der Waals surface area contributed by atoms with Gasteiger partial charge in [0, 0.05) is 12.0 Å². The Balaban J connectivity index is 2.75. The fraction of sp³-hybridized carbons (Fsp3) is 0.917. The van der Waals surface area contributed by atoms with E-state index in [9.17, 15) is 0 Å². The van der Waals surface area contributed by atoms with Crippen LogP contribution in [0.5, 0.6) is 0 Å². The van der Waals surface area contributed by atoms with Gasteiger partial charge in [-0.2, -0.15) is 0 Å². The molecule has 3 heteroatoms. The van der Waals surface area contributed by atoms with Gasteiger partial charge in [-0.3, -0.25) is 5.41 Å². The summed E-state index contributed by atoms with van der Waals surface area (Å²) in [6.45, 7) is 12.2. The molecule has 0 aromatic heterocycles. The number of ether oxygens (including phenoxy) is 1. The minimum atomic E-state index is -0.0650. The Morgan fingerprint density at radius 3 is 2.53 bits per heavy atom. The van der Waals surface area contributed by atoms with E-state index in [0.717, 1.165) is 25.4 Å². The van der Waals surface area contributed by atoms with Crippen LogP contribution in [0.1, 0.15) is 41.0 Å². The third-order valence-electron chi connectivity index (χ3n) is 2.94. The fourth-order valence-electron chi connectivity index (χ4n) is 1.89. The number of hydrogen-bond donors (Lipinski definition) is 1. The van der Waals surface area contributed by atoms with E-state index in [1.54, 1.807) is 0 Å². The van der Waals surface area contributed by atoms with E-state index in [1.165, 1.54) is 0 Å². The van der Waals surface area contributed by atoms with Gasteiger partial charge < -0.3 is 9.64 Å². The van der Waals surface area contributed by atoms with Crippen molar-refractivity contribution in [3.05, 3.63) is 0 Å². The molecule has 1 saturated heterocycles. The van der Waals surface area contributed by atoms with Crippen LogP contribution < -0.4 is 0 Å². The van der Waals surface area contributed by atoms with Crippen LogP contribution in [0.25, 0.3) is 0 Å². The maximum atomic E-state index is 8.23. The second-order valence-corrected chi connectivity index (χ2v) is 5.46. The third-order valence-corrected chi connectivity index (χ3v) is 2.94. The molecule has 0 radical (unpaired) electrons. The Labute approximate surface area is 93.3 Å². The van der Waals surface area contributed by atoms with E-state index in [4.69, 9.17) is 10.1 Å². The molecule has 15 heavy (non-hydrogen) atoms. The quantitative estimate of drug-likeness (QED) is 0.535. The van der Waals surface area contributed by atoms with Gasteiger partial charge in [0.1, 0.15) is 5.84 Å². The molecule has 0 saturated carbocycles. The van der Waals surface area contributed by atoms with E-state index in [1.807, 2.05) is 0 Å². The van der Waals surface area contributed by atoms with Gasteiger partial charge in [0.15, 0.2) is 0 Å². The van der Waals surface area contributed by atoms with E-state index < -0.39 is 0 Å². The molecule has 1 aliphatic rings. The second kappa shape index (κ2) is 4.52. The van der Waals surface area contributed by atoms with Crippen molar-refractivity contribution in [2.45, 2.75) is 53.2 Å². The lowest BCUT2D eigenvalue weighted by molar-refractivity contribution is -0.0314. The summed E-state index contributed by atoms with van der Waals surface area (Å²) in [7, 11) is 0. The van der Waals surface area contributed by atoms with Gasteiger partial charge >= 0.3 is 0 Å². The Morgan fingerprint density at radius 2 is 2.07 bits per heavy atom. The minimum Gasteiger partial charge on any atom is -0.375 e. The normalized spacial score (nSPS) is 27.9.